The molecule has 2 fully saturated rings. The Kier molecular flexibility index (Phi) is 4.30. The number of hydrogen-bond acceptors (Lipinski definition) is 4. The summed E-state index contributed by atoms with van der Waals surface area (Å²) in [4.78, 5) is 25.2. The lowest BCUT2D eigenvalue weighted by atomic mass is 9.81. The van der Waals surface area contributed by atoms with Gasteiger partial charge in [0.05, 0.1) is 11.2 Å². The van der Waals surface area contributed by atoms with E-state index in [1.807, 2.05) is 0 Å². The predicted octanol–water partition coefficient (Wildman–Crippen LogP) is -0.0188. The molecule has 120 valence electrons. The number of aliphatic carboxylic acids is 1. The minimum atomic E-state index is -3.40. The van der Waals surface area contributed by atoms with Gasteiger partial charge < -0.3 is 10.0 Å². The van der Waals surface area contributed by atoms with Gasteiger partial charge in [0.15, 0.2) is 0 Å². The second-order valence-corrected chi connectivity index (χ2v) is 8.48. The van der Waals surface area contributed by atoms with Gasteiger partial charge in [-0.15, -0.1) is 0 Å². The number of carboxylic acids is 1. The van der Waals surface area contributed by atoms with Gasteiger partial charge in [0.1, 0.15) is 0 Å². The summed E-state index contributed by atoms with van der Waals surface area (Å²) in [6.07, 6.45) is 2.22. The molecule has 1 saturated heterocycles. The first-order valence-corrected chi connectivity index (χ1v) is 8.71. The van der Waals surface area contributed by atoms with Gasteiger partial charge in [0.25, 0.3) is 0 Å². The van der Waals surface area contributed by atoms with Crippen LogP contribution >= 0.6 is 0 Å². The molecule has 1 aliphatic carbocycles. The lowest BCUT2D eigenvalue weighted by molar-refractivity contribution is -0.149. The van der Waals surface area contributed by atoms with Crippen LogP contribution in [0.25, 0.3) is 0 Å². The van der Waals surface area contributed by atoms with Gasteiger partial charge >= 0.3 is 5.97 Å². The Morgan fingerprint density at radius 1 is 1.38 bits per heavy atom. The molecule has 1 aliphatic heterocycles. The molecule has 0 aromatic rings. The van der Waals surface area contributed by atoms with Crippen molar-refractivity contribution < 1.29 is 23.1 Å². The Balaban J connectivity index is 1.99. The fourth-order valence-electron chi connectivity index (χ4n) is 3.39. The number of hydrogen-bond donors (Lipinski definition) is 1. The van der Waals surface area contributed by atoms with E-state index in [-0.39, 0.29) is 30.5 Å². The minimum absolute atomic E-state index is 0.00408. The number of carbonyl (C=O) groups is 2. The van der Waals surface area contributed by atoms with Gasteiger partial charge in [-0.05, 0) is 18.8 Å². The zero-order valence-electron chi connectivity index (χ0n) is 12.4. The molecular formula is C13H22N2O5S. The Morgan fingerprint density at radius 2 is 2.05 bits per heavy atom. The van der Waals surface area contributed by atoms with Crippen molar-refractivity contribution in [2.45, 2.75) is 25.7 Å². The first-order valence-electron chi connectivity index (χ1n) is 7.10. The maximum absolute atomic E-state index is 12.2. The van der Waals surface area contributed by atoms with Gasteiger partial charge in [0.2, 0.25) is 15.9 Å². The van der Waals surface area contributed by atoms with E-state index in [9.17, 15) is 23.1 Å². The number of fused-ring (bicyclic) bond motifs is 1. The van der Waals surface area contributed by atoms with Crippen LogP contribution in [0, 0.1) is 11.3 Å². The largest absolute Gasteiger partial charge is 0.481 e. The molecule has 21 heavy (non-hydrogen) atoms. The number of carboxylic acid groups (broad SMARTS) is 1. The van der Waals surface area contributed by atoms with E-state index >= 15 is 0 Å². The van der Waals surface area contributed by atoms with Crippen LogP contribution in [0.2, 0.25) is 0 Å². The molecule has 2 atom stereocenters. The highest BCUT2D eigenvalue weighted by Gasteiger charge is 2.55. The smallest absolute Gasteiger partial charge is 0.311 e. The van der Waals surface area contributed by atoms with Gasteiger partial charge in [0, 0.05) is 33.6 Å². The molecule has 0 radical (unpaired) electrons. The summed E-state index contributed by atoms with van der Waals surface area (Å²) in [5.41, 5.74) is -0.809. The van der Waals surface area contributed by atoms with Crippen molar-refractivity contribution in [3.63, 3.8) is 0 Å². The number of carbonyl (C=O) groups excluding carboxylic acids is 1. The van der Waals surface area contributed by atoms with Crippen LogP contribution in [0.3, 0.4) is 0 Å². The lowest BCUT2D eigenvalue weighted by Gasteiger charge is -2.23. The third kappa shape index (κ3) is 2.91. The van der Waals surface area contributed by atoms with Crippen LogP contribution < -0.4 is 0 Å². The van der Waals surface area contributed by atoms with Crippen LogP contribution in [0.15, 0.2) is 0 Å². The van der Waals surface area contributed by atoms with Crippen molar-refractivity contribution in [1.82, 2.24) is 9.21 Å². The monoisotopic (exact) mass is 318 g/mol. The van der Waals surface area contributed by atoms with Crippen molar-refractivity contribution in [3.8, 4) is 0 Å². The highest BCUT2D eigenvalue weighted by atomic mass is 32.2. The summed E-state index contributed by atoms with van der Waals surface area (Å²) in [6, 6.07) is 0. The summed E-state index contributed by atoms with van der Waals surface area (Å²) in [7, 11) is -0.543. The van der Waals surface area contributed by atoms with Crippen molar-refractivity contribution in [1.29, 1.82) is 0 Å². The van der Waals surface area contributed by atoms with Crippen molar-refractivity contribution in [3.05, 3.63) is 0 Å². The van der Waals surface area contributed by atoms with Crippen molar-refractivity contribution in [2.75, 3.05) is 32.9 Å². The normalized spacial score (nSPS) is 28.9. The molecule has 1 N–H and O–H groups in total. The molecule has 0 unspecified atom stereocenters. The topological polar surface area (TPSA) is 95.0 Å². The molecule has 8 heteroatoms. The summed E-state index contributed by atoms with van der Waals surface area (Å²) in [6.45, 7) is 0.654. The Hall–Kier alpha value is -1.15. The lowest BCUT2D eigenvalue weighted by Crippen LogP contribution is -2.38. The van der Waals surface area contributed by atoms with Crippen molar-refractivity contribution >= 4 is 21.9 Å². The van der Waals surface area contributed by atoms with Crippen LogP contribution in [-0.2, 0) is 19.6 Å². The molecule has 1 amide bonds. The minimum Gasteiger partial charge on any atom is -0.481 e. The highest BCUT2D eigenvalue weighted by Crippen LogP contribution is 2.48. The SMILES string of the molecule is CN(C)S(=O)(=O)CCC(=O)N1C[C@@H]2CCC[C@@]2(C(=O)O)C1. The Morgan fingerprint density at radius 3 is 2.57 bits per heavy atom. The molecule has 1 saturated carbocycles. The Bertz CT molecular complexity index is 545. The molecule has 0 bridgehead atoms. The number of amides is 1. The average molecular weight is 318 g/mol. The summed E-state index contributed by atoms with van der Waals surface area (Å²) in [5.74, 6) is -1.33. The number of likely N-dealkylation sites (tertiary alicyclic amines) is 1. The number of rotatable bonds is 5. The van der Waals surface area contributed by atoms with E-state index in [4.69, 9.17) is 0 Å². The zero-order valence-corrected chi connectivity index (χ0v) is 13.2. The number of nitrogens with zero attached hydrogens (tertiary/aromatic N) is 2. The van der Waals surface area contributed by atoms with Crippen LogP contribution in [0.1, 0.15) is 25.7 Å². The molecular weight excluding hydrogens is 296 g/mol. The van der Waals surface area contributed by atoms with Crippen molar-refractivity contribution in [2.24, 2.45) is 11.3 Å². The van der Waals surface area contributed by atoms with Gasteiger partial charge in [-0.1, -0.05) is 6.42 Å². The molecule has 7 nitrogen and oxygen atoms in total. The first kappa shape index (κ1) is 16.2. The third-order valence-electron chi connectivity index (χ3n) is 4.78. The highest BCUT2D eigenvalue weighted by molar-refractivity contribution is 7.89. The second-order valence-electron chi connectivity index (χ2n) is 6.17. The molecule has 0 aromatic heterocycles. The third-order valence-corrected chi connectivity index (χ3v) is 6.61. The first-order chi connectivity index (χ1) is 9.69. The molecule has 0 spiro atoms. The quantitative estimate of drug-likeness (QED) is 0.769. The van der Waals surface area contributed by atoms with E-state index in [0.29, 0.717) is 13.0 Å². The maximum atomic E-state index is 12.2. The molecule has 2 aliphatic rings. The standard InChI is InChI=1S/C13H22N2O5S/c1-14(2)21(19,20)7-5-11(16)15-8-10-4-3-6-13(10,9-15)12(17)18/h10H,3-9H2,1-2H3,(H,17,18)/t10-,13+/m0/s1. The maximum Gasteiger partial charge on any atom is 0.311 e. The van der Waals surface area contributed by atoms with Gasteiger partial charge in [-0.2, -0.15) is 0 Å². The zero-order chi connectivity index (χ0) is 15.8. The second kappa shape index (κ2) is 5.57. The van der Waals surface area contributed by atoms with Gasteiger partial charge in [-0.3, -0.25) is 9.59 Å². The van der Waals surface area contributed by atoms with E-state index in [2.05, 4.69) is 0 Å². The van der Waals surface area contributed by atoms with Gasteiger partial charge in [-0.25, -0.2) is 12.7 Å². The Labute approximate surface area is 125 Å². The van der Waals surface area contributed by atoms with E-state index in [0.717, 1.165) is 17.1 Å². The fraction of sp³-hybridized carbons (Fsp3) is 0.846. The molecule has 0 aromatic carbocycles. The molecule has 1 heterocycles. The summed E-state index contributed by atoms with van der Waals surface area (Å²) < 4.78 is 24.5. The summed E-state index contributed by atoms with van der Waals surface area (Å²) in [5, 5.41) is 9.47. The van der Waals surface area contributed by atoms with E-state index in [1.54, 1.807) is 0 Å². The van der Waals surface area contributed by atoms with E-state index in [1.165, 1.54) is 19.0 Å². The van der Waals surface area contributed by atoms with E-state index < -0.39 is 21.4 Å². The predicted molar refractivity (Wildman–Crippen MR) is 76.1 cm³/mol. The average Bonchev–Trinajstić information content (AvgIpc) is 2.93. The number of sulfonamides is 1. The summed E-state index contributed by atoms with van der Waals surface area (Å²) >= 11 is 0. The molecule has 2 rings (SSSR count). The van der Waals surface area contributed by atoms with Crippen LogP contribution in [-0.4, -0.2) is 67.5 Å². The fourth-order valence-corrected chi connectivity index (χ4v) is 4.18. The van der Waals surface area contributed by atoms with Crippen LogP contribution in [0.5, 0.6) is 0 Å². The van der Waals surface area contributed by atoms with Crippen LogP contribution in [0.4, 0.5) is 0 Å².